The zero-order valence-electron chi connectivity index (χ0n) is 16.1. The lowest BCUT2D eigenvalue weighted by atomic mass is 10.1. The third kappa shape index (κ3) is 5.57. The van der Waals surface area contributed by atoms with Gasteiger partial charge in [0.15, 0.2) is 0 Å². The Morgan fingerprint density at radius 3 is 2.22 bits per heavy atom. The quantitative estimate of drug-likeness (QED) is 0.680. The van der Waals surface area contributed by atoms with E-state index in [1.807, 2.05) is 44.4 Å². The molecule has 0 spiro atoms. The molecule has 0 unspecified atom stereocenters. The average Bonchev–Trinajstić information content (AvgIpc) is 2.66. The standard InChI is InChI=1S/C20H26N2O3S2/c1-5-22(27(24,25)19-12-6-15(2)7-13-19)14-20(23)21-16(3)17-8-10-18(26-4)11-9-17/h6-13,16H,5,14H2,1-4H3,(H,21,23)/t16-/m1/s1. The molecular formula is C20H26N2O3S2. The number of hydrogen-bond donors (Lipinski definition) is 1. The van der Waals surface area contributed by atoms with Crippen LogP contribution in [0.3, 0.4) is 0 Å². The summed E-state index contributed by atoms with van der Waals surface area (Å²) in [7, 11) is -3.70. The normalized spacial score (nSPS) is 12.8. The van der Waals surface area contributed by atoms with E-state index in [4.69, 9.17) is 0 Å². The summed E-state index contributed by atoms with van der Waals surface area (Å²) in [5.74, 6) is -0.325. The minimum Gasteiger partial charge on any atom is -0.348 e. The first-order valence-corrected chi connectivity index (χ1v) is 11.4. The van der Waals surface area contributed by atoms with Crippen LogP contribution >= 0.6 is 11.8 Å². The molecule has 1 amide bonds. The summed E-state index contributed by atoms with van der Waals surface area (Å²) in [5, 5.41) is 2.88. The van der Waals surface area contributed by atoms with Gasteiger partial charge >= 0.3 is 0 Å². The van der Waals surface area contributed by atoms with E-state index in [1.54, 1.807) is 43.0 Å². The van der Waals surface area contributed by atoms with E-state index in [0.717, 1.165) is 16.0 Å². The summed E-state index contributed by atoms with van der Waals surface area (Å²) >= 11 is 1.66. The van der Waals surface area contributed by atoms with Gasteiger partial charge in [0.2, 0.25) is 15.9 Å². The van der Waals surface area contributed by atoms with Gasteiger partial charge in [0, 0.05) is 11.4 Å². The van der Waals surface area contributed by atoms with Gasteiger partial charge in [-0.05, 0) is 49.9 Å². The maximum atomic E-state index is 12.8. The summed E-state index contributed by atoms with van der Waals surface area (Å²) in [4.78, 5) is 13.8. The van der Waals surface area contributed by atoms with Gasteiger partial charge < -0.3 is 5.32 Å². The van der Waals surface area contributed by atoms with Gasteiger partial charge in [0.25, 0.3) is 0 Å². The Kier molecular flexibility index (Phi) is 7.47. The van der Waals surface area contributed by atoms with Crippen LogP contribution in [0, 0.1) is 6.92 Å². The Bertz CT molecular complexity index is 863. The highest BCUT2D eigenvalue weighted by Gasteiger charge is 2.25. The minimum atomic E-state index is -3.70. The summed E-state index contributed by atoms with van der Waals surface area (Å²) in [5.41, 5.74) is 1.96. The van der Waals surface area contributed by atoms with Crippen LogP contribution in [0.4, 0.5) is 0 Å². The number of benzene rings is 2. The lowest BCUT2D eigenvalue weighted by molar-refractivity contribution is -0.121. The van der Waals surface area contributed by atoms with Crippen LogP contribution in [0.5, 0.6) is 0 Å². The molecule has 7 heteroatoms. The molecule has 0 heterocycles. The third-order valence-electron chi connectivity index (χ3n) is 4.32. The molecule has 2 aromatic rings. The van der Waals surface area contributed by atoms with Crippen molar-refractivity contribution in [1.82, 2.24) is 9.62 Å². The minimum absolute atomic E-state index is 0.198. The van der Waals surface area contributed by atoms with Crippen LogP contribution in [0.2, 0.25) is 0 Å². The Hall–Kier alpha value is -1.83. The number of carbonyl (C=O) groups excluding carboxylic acids is 1. The van der Waals surface area contributed by atoms with Crippen molar-refractivity contribution >= 4 is 27.7 Å². The number of thioether (sulfide) groups is 1. The maximum absolute atomic E-state index is 12.8. The highest BCUT2D eigenvalue weighted by molar-refractivity contribution is 7.98. The molecule has 0 bridgehead atoms. The predicted octanol–water partition coefficient (Wildman–Crippen LogP) is 3.60. The van der Waals surface area contributed by atoms with Gasteiger partial charge in [0.05, 0.1) is 17.5 Å². The summed E-state index contributed by atoms with van der Waals surface area (Å²) in [6.45, 7) is 5.52. The van der Waals surface area contributed by atoms with Crippen molar-refractivity contribution in [2.75, 3.05) is 19.3 Å². The van der Waals surface area contributed by atoms with E-state index in [2.05, 4.69) is 5.32 Å². The molecule has 0 aliphatic heterocycles. The van der Waals surface area contributed by atoms with Crippen LogP contribution in [-0.4, -0.2) is 38.0 Å². The largest absolute Gasteiger partial charge is 0.348 e. The van der Waals surface area contributed by atoms with Gasteiger partial charge in [-0.3, -0.25) is 4.79 Å². The molecule has 1 atom stereocenters. The fraction of sp³-hybridized carbons (Fsp3) is 0.350. The van der Waals surface area contributed by atoms with Crippen LogP contribution in [0.25, 0.3) is 0 Å². The van der Waals surface area contributed by atoms with E-state index in [-0.39, 0.29) is 29.9 Å². The average molecular weight is 407 g/mol. The molecule has 0 aromatic heterocycles. The van der Waals surface area contributed by atoms with Crippen molar-refractivity contribution < 1.29 is 13.2 Å². The number of aryl methyl sites for hydroxylation is 1. The SMILES string of the molecule is CCN(CC(=O)N[C@H](C)c1ccc(SC)cc1)S(=O)(=O)c1ccc(C)cc1. The molecule has 27 heavy (non-hydrogen) atoms. The Balaban J connectivity index is 2.06. The molecule has 0 radical (unpaired) electrons. The smallest absolute Gasteiger partial charge is 0.243 e. The van der Waals surface area contributed by atoms with Gasteiger partial charge in [-0.15, -0.1) is 11.8 Å². The lowest BCUT2D eigenvalue weighted by Gasteiger charge is -2.22. The molecule has 2 aromatic carbocycles. The van der Waals surface area contributed by atoms with Crippen molar-refractivity contribution in [2.24, 2.45) is 0 Å². The van der Waals surface area contributed by atoms with Crippen molar-refractivity contribution in [2.45, 2.75) is 36.6 Å². The summed E-state index contributed by atoms with van der Waals surface area (Å²) < 4.78 is 26.8. The second kappa shape index (κ2) is 9.39. The Morgan fingerprint density at radius 2 is 1.70 bits per heavy atom. The first-order valence-electron chi connectivity index (χ1n) is 8.78. The van der Waals surface area contributed by atoms with Crippen LogP contribution in [0.1, 0.15) is 31.0 Å². The molecule has 5 nitrogen and oxygen atoms in total. The highest BCUT2D eigenvalue weighted by Crippen LogP contribution is 2.19. The highest BCUT2D eigenvalue weighted by atomic mass is 32.2. The van der Waals surface area contributed by atoms with E-state index < -0.39 is 10.0 Å². The molecule has 2 rings (SSSR count). The van der Waals surface area contributed by atoms with Crippen molar-refractivity contribution in [1.29, 1.82) is 0 Å². The van der Waals surface area contributed by atoms with Gasteiger partial charge in [0.1, 0.15) is 0 Å². The number of nitrogens with one attached hydrogen (secondary N) is 1. The monoisotopic (exact) mass is 406 g/mol. The number of carbonyl (C=O) groups is 1. The Labute approximate surface area is 166 Å². The van der Waals surface area contributed by atoms with Gasteiger partial charge in [-0.25, -0.2) is 8.42 Å². The second-order valence-corrected chi connectivity index (χ2v) is 9.12. The van der Waals surface area contributed by atoms with Crippen molar-refractivity contribution in [3.63, 3.8) is 0 Å². The first kappa shape index (κ1) is 21.5. The molecule has 0 fully saturated rings. The molecular weight excluding hydrogens is 380 g/mol. The number of sulfonamides is 1. The van der Waals surface area contributed by atoms with E-state index >= 15 is 0 Å². The predicted molar refractivity (Wildman–Crippen MR) is 110 cm³/mol. The second-order valence-electron chi connectivity index (χ2n) is 6.31. The van der Waals surface area contributed by atoms with Gasteiger partial charge in [-0.1, -0.05) is 36.8 Å². The summed E-state index contributed by atoms with van der Waals surface area (Å²) in [6.07, 6.45) is 2.01. The molecule has 146 valence electrons. The van der Waals surface area contributed by atoms with Gasteiger partial charge in [-0.2, -0.15) is 4.31 Å². The number of rotatable bonds is 8. The molecule has 0 aliphatic rings. The van der Waals surface area contributed by atoms with E-state index in [1.165, 1.54) is 4.31 Å². The lowest BCUT2D eigenvalue weighted by Crippen LogP contribution is -2.41. The van der Waals surface area contributed by atoms with Crippen LogP contribution in [0.15, 0.2) is 58.3 Å². The molecule has 0 saturated carbocycles. The van der Waals surface area contributed by atoms with Crippen molar-refractivity contribution in [3.05, 3.63) is 59.7 Å². The van der Waals surface area contributed by atoms with E-state index in [9.17, 15) is 13.2 Å². The van der Waals surface area contributed by atoms with Crippen molar-refractivity contribution in [3.8, 4) is 0 Å². The molecule has 0 saturated heterocycles. The van der Waals surface area contributed by atoms with Crippen LogP contribution < -0.4 is 5.32 Å². The number of hydrogen-bond acceptors (Lipinski definition) is 4. The summed E-state index contributed by atoms with van der Waals surface area (Å²) in [6, 6.07) is 14.4. The number of nitrogens with zero attached hydrogens (tertiary/aromatic N) is 1. The number of amides is 1. The third-order valence-corrected chi connectivity index (χ3v) is 7.00. The first-order chi connectivity index (χ1) is 12.8. The molecule has 1 N–H and O–H groups in total. The fourth-order valence-corrected chi connectivity index (χ4v) is 4.46. The van der Waals surface area contributed by atoms with E-state index in [0.29, 0.717) is 0 Å². The van der Waals surface area contributed by atoms with Crippen LogP contribution in [-0.2, 0) is 14.8 Å². The molecule has 0 aliphatic carbocycles. The zero-order chi connectivity index (χ0) is 20.0. The zero-order valence-corrected chi connectivity index (χ0v) is 17.7. The Morgan fingerprint density at radius 1 is 1.11 bits per heavy atom. The maximum Gasteiger partial charge on any atom is 0.243 e. The number of likely N-dealkylation sites (N-methyl/N-ethyl adjacent to an activating group) is 1. The fourth-order valence-electron chi connectivity index (χ4n) is 2.65. The topological polar surface area (TPSA) is 66.5 Å².